The Bertz CT molecular complexity index is 738. The molecule has 2 aromatic heterocycles. The lowest BCUT2D eigenvalue weighted by molar-refractivity contribution is 0.466. The first kappa shape index (κ1) is 12.1. The van der Waals surface area contributed by atoms with Crippen LogP contribution in [0.1, 0.15) is 5.69 Å². The van der Waals surface area contributed by atoms with Crippen LogP contribution in [-0.2, 0) is 0 Å². The van der Waals surface area contributed by atoms with E-state index in [0.29, 0.717) is 5.88 Å². The average Bonchev–Trinajstić information content (AvgIpc) is 2.43. The van der Waals surface area contributed by atoms with Crippen LogP contribution in [0.4, 0.5) is 0 Å². The van der Waals surface area contributed by atoms with E-state index in [1.807, 2.05) is 49.4 Å². The monoisotopic (exact) mass is 314 g/mol. The Hall–Kier alpha value is -1.94. The predicted octanol–water partition coefficient (Wildman–Crippen LogP) is 4.49. The minimum absolute atomic E-state index is 0.581. The molecule has 3 rings (SSSR count). The van der Waals surface area contributed by atoms with E-state index in [9.17, 15) is 0 Å². The molecule has 0 radical (unpaired) electrons. The molecule has 4 heteroatoms. The summed E-state index contributed by atoms with van der Waals surface area (Å²) >= 11 is 3.43. The number of ether oxygens (including phenoxy) is 1. The van der Waals surface area contributed by atoms with Gasteiger partial charge < -0.3 is 4.74 Å². The van der Waals surface area contributed by atoms with Gasteiger partial charge in [-0.25, -0.2) is 4.98 Å². The number of aryl methyl sites for hydroxylation is 1. The molecule has 0 unspecified atom stereocenters. The molecule has 0 saturated carbocycles. The lowest BCUT2D eigenvalue weighted by Gasteiger charge is -2.08. The number of fused-ring (bicyclic) bond motifs is 1. The summed E-state index contributed by atoms with van der Waals surface area (Å²) in [5.41, 5.74) is 1.81. The van der Waals surface area contributed by atoms with Crippen molar-refractivity contribution >= 4 is 26.8 Å². The third-order valence-electron chi connectivity index (χ3n) is 2.82. The summed E-state index contributed by atoms with van der Waals surface area (Å²) in [6.45, 7) is 1.93. The van der Waals surface area contributed by atoms with Gasteiger partial charge in [-0.1, -0.05) is 6.07 Å². The first-order valence-electron chi connectivity index (χ1n) is 5.89. The maximum absolute atomic E-state index is 5.86. The van der Waals surface area contributed by atoms with Crippen LogP contribution >= 0.6 is 15.9 Å². The molecule has 0 aliphatic carbocycles. The Kier molecular flexibility index (Phi) is 3.17. The van der Waals surface area contributed by atoms with Gasteiger partial charge in [0.05, 0.1) is 11.2 Å². The van der Waals surface area contributed by atoms with Crippen molar-refractivity contribution in [3.63, 3.8) is 0 Å². The highest BCUT2D eigenvalue weighted by Crippen LogP contribution is 2.28. The summed E-state index contributed by atoms with van der Waals surface area (Å²) in [5.74, 6) is 1.34. The van der Waals surface area contributed by atoms with Crippen molar-refractivity contribution in [2.75, 3.05) is 0 Å². The summed E-state index contributed by atoms with van der Waals surface area (Å²) < 4.78 is 6.83. The van der Waals surface area contributed by atoms with Gasteiger partial charge in [-0.2, -0.15) is 0 Å². The highest BCUT2D eigenvalue weighted by atomic mass is 79.9. The number of benzene rings is 1. The van der Waals surface area contributed by atoms with E-state index in [4.69, 9.17) is 4.74 Å². The molecular formula is C15H11BrN2O. The maximum Gasteiger partial charge on any atom is 0.219 e. The molecule has 19 heavy (non-hydrogen) atoms. The zero-order chi connectivity index (χ0) is 13.2. The van der Waals surface area contributed by atoms with Gasteiger partial charge in [0.15, 0.2) is 0 Å². The van der Waals surface area contributed by atoms with Crippen LogP contribution in [-0.4, -0.2) is 9.97 Å². The summed E-state index contributed by atoms with van der Waals surface area (Å²) in [7, 11) is 0. The van der Waals surface area contributed by atoms with E-state index < -0.39 is 0 Å². The van der Waals surface area contributed by atoms with Gasteiger partial charge >= 0.3 is 0 Å². The molecule has 0 aliphatic heterocycles. The summed E-state index contributed by atoms with van der Waals surface area (Å²) in [6.07, 6.45) is 1.77. The molecule has 0 amide bonds. The maximum atomic E-state index is 5.86. The average molecular weight is 315 g/mol. The number of aromatic nitrogens is 2. The van der Waals surface area contributed by atoms with Crippen LogP contribution in [0.25, 0.3) is 10.9 Å². The molecule has 0 spiro atoms. The Morgan fingerprint density at radius 3 is 2.79 bits per heavy atom. The van der Waals surface area contributed by atoms with Crippen LogP contribution in [0.5, 0.6) is 11.6 Å². The molecule has 2 heterocycles. The van der Waals surface area contributed by atoms with Crippen molar-refractivity contribution in [1.29, 1.82) is 0 Å². The number of rotatable bonds is 2. The molecule has 3 aromatic rings. The van der Waals surface area contributed by atoms with Gasteiger partial charge in [-0.05, 0) is 53.2 Å². The van der Waals surface area contributed by atoms with Gasteiger partial charge in [-0.15, -0.1) is 0 Å². The fourth-order valence-electron chi connectivity index (χ4n) is 1.85. The molecule has 0 bridgehead atoms. The van der Waals surface area contributed by atoms with E-state index in [2.05, 4.69) is 25.9 Å². The zero-order valence-corrected chi connectivity index (χ0v) is 11.9. The van der Waals surface area contributed by atoms with Crippen LogP contribution in [0, 0.1) is 6.92 Å². The second-order valence-corrected chi connectivity index (χ2v) is 5.00. The Morgan fingerprint density at radius 2 is 1.95 bits per heavy atom. The van der Waals surface area contributed by atoms with E-state index in [1.165, 1.54) is 0 Å². The van der Waals surface area contributed by atoms with Crippen molar-refractivity contribution in [2.45, 2.75) is 6.92 Å². The third-order valence-corrected chi connectivity index (χ3v) is 3.65. The van der Waals surface area contributed by atoms with Crippen molar-refractivity contribution in [2.24, 2.45) is 0 Å². The SMILES string of the molecule is Cc1nc(Oc2cccc3ncccc23)ccc1Br. The third kappa shape index (κ3) is 2.44. The van der Waals surface area contributed by atoms with Crippen molar-refractivity contribution < 1.29 is 4.74 Å². The topological polar surface area (TPSA) is 35.0 Å². The molecule has 3 nitrogen and oxygen atoms in total. The van der Waals surface area contributed by atoms with Crippen LogP contribution < -0.4 is 4.74 Å². The van der Waals surface area contributed by atoms with Crippen LogP contribution in [0.2, 0.25) is 0 Å². The fraction of sp³-hybridized carbons (Fsp3) is 0.0667. The predicted molar refractivity (Wildman–Crippen MR) is 78.5 cm³/mol. The Morgan fingerprint density at radius 1 is 1.05 bits per heavy atom. The fourth-order valence-corrected chi connectivity index (χ4v) is 2.08. The van der Waals surface area contributed by atoms with Crippen molar-refractivity contribution in [3.05, 3.63) is 58.8 Å². The quantitative estimate of drug-likeness (QED) is 0.699. The molecule has 0 atom stereocenters. The van der Waals surface area contributed by atoms with E-state index in [0.717, 1.165) is 26.8 Å². The molecule has 1 aromatic carbocycles. The van der Waals surface area contributed by atoms with Gasteiger partial charge in [0, 0.05) is 22.1 Å². The molecule has 0 saturated heterocycles. The molecule has 0 N–H and O–H groups in total. The smallest absolute Gasteiger partial charge is 0.219 e. The lowest BCUT2D eigenvalue weighted by atomic mass is 10.2. The number of halogens is 1. The Balaban J connectivity index is 2.03. The van der Waals surface area contributed by atoms with Gasteiger partial charge in [0.2, 0.25) is 5.88 Å². The number of nitrogens with zero attached hydrogens (tertiary/aromatic N) is 2. The largest absolute Gasteiger partial charge is 0.438 e. The molecule has 0 fully saturated rings. The summed E-state index contributed by atoms with van der Waals surface area (Å²) in [4.78, 5) is 8.69. The normalized spacial score (nSPS) is 10.6. The number of pyridine rings is 2. The first-order valence-corrected chi connectivity index (χ1v) is 6.68. The standard InChI is InChI=1S/C15H11BrN2O/c1-10-12(16)7-8-15(18-10)19-14-6-2-5-13-11(14)4-3-9-17-13/h2-9H,1H3. The highest BCUT2D eigenvalue weighted by Gasteiger charge is 2.05. The van der Waals surface area contributed by atoms with Crippen molar-refractivity contribution in [3.8, 4) is 11.6 Å². The van der Waals surface area contributed by atoms with Gasteiger partial charge in [0.25, 0.3) is 0 Å². The second kappa shape index (κ2) is 4.97. The second-order valence-electron chi connectivity index (χ2n) is 4.15. The Labute approximate surface area is 119 Å². The van der Waals surface area contributed by atoms with E-state index >= 15 is 0 Å². The first-order chi connectivity index (χ1) is 9.24. The van der Waals surface area contributed by atoms with E-state index in [1.54, 1.807) is 6.20 Å². The van der Waals surface area contributed by atoms with Gasteiger partial charge in [-0.3, -0.25) is 4.98 Å². The lowest BCUT2D eigenvalue weighted by Crippen LogP contribution is -1.91. The zero-order valence-electron chi connectivity index (χ0n) is 10.3. The van der Waals surface area contributed by atoms with E-state index in [-0.39, 0.29) is 0 Å². The molecule has 0 aliphatic rings. The van der Waals surface area contributed by atoms with Crippen LogP contribution in [0.3, 0.4) is 0 Å². The van der Waals surface area contributed by atoms with Crippen molar-refractivity contribution in [1.82, 2.24) is 9.97 Å². The minimum Gasteiger partial charge on any atom is -0.438 e. The summed E-state index contributed by atoms with van der Waals surface area (Å²) in [5, 5.41) is 0.979. The summed E-state index contributed by atoms with van der Waals surface area (Å²) in [6, 6.07) is 13.5. The van der Waals surface area contributed by atoms with Gasteiger partial charge in [0.1, 0.15) is 5.75 Å². The minimum atomic E-state index is 0.581. The number of hydrogen-bond acceptors (Lipinski definition) is 3. The molecular weight excluding hydrogens is 304 g/mol. The van der Waals surface area contributed by atoms with Crippen LogP contribution in [0.15, 0.2) is 53.1 Å². The number of hydrogen-bond donors (Lipinski definition) is 0. The molecule has 94 valence electrons. The highest BCUT2D eigenvalue weighted by molar-refractivity contribution is 9.10.